The molecule has 3 fully saturated rings. The largest absolute Gasteiger partial charge is 0.377 e. The van der Waals surface area contributed by atoms with Crippen molar-refractivity contribution in [3.8, 4) is 10.4 Å². The van der Waals surface area contributed by atoms with Crippen molar-refractivity contribution in [2.24, 2.45) is 0 Å². The normalized spacial score (nSPS) is 20.0. The Morgan fingerprint density at radius 2 is 1.90 bits per heavy atom. The molecule has 1 aromatic carbocycles. The van der Waals surface area contributed by atoms with E-state index in [0.29, 0.717) is 12.0 Å². The van der Waals surface area contributed by atoms with Gasteiger partial charge in [-0.25, -0.2) is 4.98 Å². The van der Waals surface area contributed by atoms with Gasteiger partial charge in [0, 0.05) is 39.7 Å². The molecule has 162 valence electrons. The second-order valence-corrected chi connectivity index (χ2v) is 11.4. The van der Waals surface area contributed by atoms with Crippen LogP contribution in [-0.4, -0.2) is 33.2 Å². The lowest BCUT2D eigenvalue weighted by Gasteiger charge is -2.25. The average molecular weight is 453 g/mol. The molecule has 0 radical (unpaired) electrons. The van der Waals surface area contributed by atoms with Crippen LogP contribution in [0.3, 0.4) is 0 Å². The zero-order chi connectivity index (χ0) is 20.6. The maximum Gasteiger partial charge on any atom is 0.0986 e. The van der Waals surface area contributed by atoms with E-state index in [9.17, 15) is 0 Å². The summed E-state index contributed by atoms with van der Waals surface area (Å²) in [5.41, 5.74) is 3.48. The van der Waals surface area contributed by atoms with Crippen molar-refractivity contribution >= 4 is 34.5 Å². The van der Waals surface area contributed by atoms with Crippen molar-refractivity contribution in [3.05, 3.63) is 41.8 Å². The summed E-state index contributed by atoms with van der Waals surface area (Å²) >= 11 is 3.93. The van der Waals surface area contributed by atoms with Crippen LogP contribution in [0.2, 0.25) is 0 Å². The van der Waals surface area contributed by atoms with E-state index in [2.05, 4.69) is 41.0 Å². The van der Waals surface area contributed by atoms with E-state index in [1.54, 1.807) is 0 Å². The Balaban J connectivity index is 1.24. The van der Waals surface area contributed by atoms with Gasteiger partial charge in [0.2, 0.25) is 0 Å². The minimum atomic E-state index is 0.378. The summed E-state index contributed by atoms with van der Waals surface area (Å²) < 4.78 is 7.29. The molecule has 7 heteroatoms. The highest BCUT2D eigenvalue weighted by Gasteiger charge is 2.26. The lowest BCUT2D eigenvalue weighted by atomic mass is 9.90. The number of nitrogens with zero attached hydrogens (tertiary/aromatic N) is 3. The first-order valence-corrected chi connectivity index (χ1v) is 13.2. The van der Waals surface area contributed by atoms with E-state index in [1.807, 2.05) is 34.0 Å². The minimum absolute atomic E-state index is 0.378. The van der Waals surface area contributed by atoms with Gasteiger partial charge in [0.1, 0.15) is 0 Å². The van der Waals surface area contributed by atoms with Gasteiger partial charge in [-0.1, -0.05) is 25.3 Å². The van der Waals surface area contributed by atoms with Crippen molar-refractivity contribution in [3.63, 3.8) is 0 Å². The number of aromatic nitrogens is 3. The van der Waals surface area contributed by atoms with Gasteiger partial charge in [0.15, 0.2) is 0 Å². The van der Waals surface area contributed by atoms with Crippen molar-refractivity contribution in [2.45, 2.75) is 67.1 Å². The van der Waals surface area contributed by atoms with Gasteiger partial charge in [-0.05, 0) is 37.8 Å². The van der Waals surface area contributed by atoms with Gasteiger partial charge in [-0.2, -0.15) is 5.10 Å². The number of anilines is 2. The first-order chi connectivity index (χ1) is 15.3. The Labute approximate surface area is 191 Å². The van der Waals surface area contributed by atoms with Gasteiger partial charge >= 0.3 is 0 Å². The zero-order valence-corrected chi connectivity index (χ0v) is 19.3. The molecule has 6 rings (SSSR count). The van der Waals surface area contributed by atoms with Gasteiger partial charge in [0.25, 0.3) is 0 Å². The van der Waals surface area contributed by atoms with Crippen LogP contribution < -0.4 is 5.32 Å². The first kappa shape index (κ1) is 19.8. The zero-order valence-electron chi connectivity index (χ0n) is 17.6. The van der Waals surface area contributed by atoms with Crippen molar-refractivity contribution in [1.82, 2.24) is 14.8 Å². The van der Waals surface area contributed by atoms with E-state index in [4.69, 9.17) is 9.72 Å². The maximum atomic E-state index is 5.28. The number of thioether (sulfide) groups is 1. The van der Waals surface area contributed by atoms with Crippen molar-refractivity contribution in [2.75, 3.05) is 18.5 Å². The number of ether oxygens (including phenoxy) is 1. The standard InChI is InChI=1S/C24H28N4OS2/c1-2-4-16(5-3-1)24-25-12-23(31-24)21-9-6-17(10-22(21)30-20-7-8-20)27-18-11-26-28(13-18)19-14-29-15-19/h6,9-13,16,19-20,27H,1-5,7-8,14-15H2. The number of hydrogen-bond acceptors (Lipinski definition) is 6. The molecule has 1 N–H and O–H groups in total. The monoisotopic (exact) mass is 452 g/mol. The lowest BCUT2D eigenvalue weighted by molar-refractivity contribution is -0.0286. The van der Waals surface area contributed by atoms with E-state index < -0.39 is 0 Å². The Morgan fingerprint density at radius 3 is 2.68 bits per heavy atom. The highest BCUT2D eigenvalue weighted by molar-refractivity contribution is 8.00. The number of hydrogen-bond donors (Lipinski definition) is 1. The molecule has 3 heterocycles. The van der Waals surface area contributed by atoms with Gasteiger partial charge in [-0.3, -0.25) is 4.68 Å². The van der Waals surface area contributed by atoms with Gasteiger partial charge < -0.3 is 10.1 Å². The molecular weight excluding hydrogens is 424 g/mol. The van der Waals surface area contributed by atoms with Crippen LogP contribution >= 0.6 is 23.1 Å². The summed E-state index contributed by atoms with van der Waals surface area (Å²) in [6, 6.07) is 7.15. The molecule has 0 bridgehead atoms. The molecule has 0 unspecified atom stereocenters. The topological polar surface area (TPSA) is 52.0 Å². The quantitative estimate of drug-likeness (QED) is 0.436. The van der Waals surface area contributed by atoms with Crippen LogP contribution in [0, 0.1) is 0 Å². The van der Waals surface area contributed by atoms with Crippen molar-refractivity contribution in [1.29, 1.82) is 0 Å². The number of thiazole rings is 1. The maximum absolute atomic E-state index is 5.28. The highest BCUT2D eigenvalue weighted by atomic mass is 32.2. The van der Waals surface area contributed by atoms with Crippen LogP contribution in [0.15, 0.2) is 41.7 Å². The summed E-state index contributed by atoms with van der Waals surface area (Å²) in [5.74, 6) is 0.672. The fraction of sp³-hybridized carbons (Fsp3) is 0.500. The molecule has 1 saturated heterocycles. The first-order valence-electron chi connectivity index (χ1n) is 11.5. The number of rotatable bonds is 7. The minimum Gasteiger partial charge on any atom is -0.377 e. The Bertz CT molecular complexity index is 1050. The molecular formula is C24H28N4OS2. The van der Waals surface area contributed by atoms with Gasteiger partial charge in [0.05, 0.1) is 41.0 Å². The average Bonchev–Trinajstić information content (AvgIpc) is 3.24. The molecule has 0 spiro atoms. The smallest absolute Gasteiger partial charge is 0.0986 e. The molecule has 0 amide bonds. The summed E-state index contributed by atoms with van der Waals surface area (Å²) in [4.78, 5) is 7.53. The van der Waals surface area contributed by atoms with E-state index in [0.717, 1.165) is 29.8 Å². The fourth-order valence-electron chi connectivity index (χ4n) is 4.36. The van der Waals surface area contributed by atoms with Crippen LogP contribution in [0.4, 0.5) is 11.4 Å². The summed E-state index contributed by atoms with van der Waals surface area (Å²) in [5, 5.41) is 10.1. The summed E-state index contributed by atoms with van der Waals surface area (Å²) in [7, 11) is 0. The molecule has 0 atom stereocenters. The molecule has 5 nitrogen and oxygen atoms in total. The Kier molecular flexibility index (Phi) is 5.50. The molecule has 31 heavy (non-hydrogen) atoms. The molecule has 3 aromatic rings. The predicted octanol–water partition coefficient (Wildman–Crippen LogP) is 6.62. The van der Waals surface area contributed by atoms with E-state index >= 15 is 0 Å². The number of nitrogens with one attached hydrogen (secondary N) is 1. The predicted molar refractivity (Wildman–Crippen MR) is 128 cm³/mol. The van der Waals surface area contributed by atoms with Crippen LogP contribution in [-0.2, 0) is 4.74 Å². The molecule has 1 aliphatic heterocycles. The fourth-order valence-corrected chi connectivity index (χ4v) is 6.78. The number of benzene rings is 1. The van der Waals surface area contributed by atoms with Crippen LogP contribution in [0.1, 0.15) is 61.9 Å². The molecule has 2 aromatic heterocycles. The third-order valence-electron chi connectivity index (χ3n) is 6.43. The highest BCUT2D eigenvalue weighted by Crippen LogP contribution is 2.46. The van der Waals surface area contributed by atoms with Crippen LogP contribution in [0.25, 0.3) is 10.4 Å². The second-order valence-electron chi connectivity index (χ2n) is 8.95. The molecule has 3 aliphatic rings. The lowest BCUT2D eigenvalue weighted by Crippen LogP contribution is -2.30. The second kappa shape index (κ2) is 8.60. The van der Waals surface area contributed by atoms with E-state index in [-0.39, 0.29) is 0 Å². The third kappa shape index (κ3) is 4.41. The third-order valence-corrected chi connectivity index (χ3v) is 9.02. The summed E-state index contributed by atoms with van der Waals surface area (Å²) in [6.07, 6.45) is 15.5. The van der Waals surface area contributed by atoms with Gasteiger partial charge in [-0.15, -0.1) is 23.1 Å². The van der Waals surface area contributed by atoms with E-state index in [1.165, 1.54) is 65.3 Å². The Morgan fingerprint density at radius 1 is 1.03 bits per heavy atom. The molecule has 2 saturated carbocycles. The Hall–Kier alpha value is -1.83. The van der Waals surface area contributed by atoms with Crippen molar-refractivity contribution < 1.29 is 4.74 Å². The molecule has 2 aliphatic carbocycles. The van der Waals surface area contributed by atoms with Crippen LogP contribution in [0.5, 0.6) is 0 Å². The SMILES string of the molecule is c1cc(-c2cnc(C3CCCCC3)s2)c(SC2CC2)cc1Nc1cnn(C2COC2)c1. The summed E-state index contributed by atoms with van der Waals surface area (Å²) in [6.45, 7) is 1.52.